The predicted molar refractivity (Wildman–Crippen MR) is 38.6 cm³/mol. The van der Waals surface area contributed by atoms with E-state index < -0.39 is 8.07 Å². The molecule has 0 heterocycles. The van der Waals surface area contributed by atoms with Crippen LogP contribution in [0, 0.1) is 0 Å². The molecule has 9 heavy (non-hydrogen) atoms. The highest BCUT2D eigenvalue weighted by molar-refractivity contribution is 7.05. The van der Waals surface area contributed by atoms with Crippen molar-refractivity contribution in [2.45, 2.75) is 19.6 Å². The van der Waals surface area contributed by atoms with E-state index in [0.717, 1.165) is 6.08 Å². The predicted octanol–water partition coefficient (Wildman–Crippen LogP) is 0.821. The van der Waals surface area contributed by atoms with E-state index in [1.54, 1.807) is 0 Å². The average molecular weight is 142 g/mol. The molecule has 0 aromatic carbocycles. The molecule has 0 amide bonds. The summed E-state index contributed by atoms with van der Waals surface area (Å²) in [5.74, 6) is 1.48. The highest BCUT2D eigenvalue weighted by Crippen LogP contribution is 2.00. The molecule has 0 aliphatic carbocycles. The van der Waals surface area contributed by atoms with Crippen LogP contribution in [0.25, 0.3) is 0 Å². The molecule has 3 heteroatoms. The molecule has 0 radical (unpaired) electrons. The fourth-order valence-electron chi connectivity index (χ4n) is 0.270. The third-order valence-corrected chi connectivity index (χ3v) is 2.55. The van der Waals surface area contributed by atoms with Gasteiger partial charge in [0.25, 0.3) is 0 Å². The number of carbonyl (C=O) groups is 1. The fraction of sp³-hybridized carbons (Fsp3) is 0.500. The summed E-state index contributed by atoms with van der Waals surface area (Å²) in [6.07, 6.45) is 0.992. The van der Waals surface area contributed by atoms with E-state index >= 15 is 0 Å². The van der Waals surface area contributed by atoms with Crippen LogP contribution in [0.15, 0.2) is 6.08 Å². The van der Waals surface area contributed by atoms with Crippen LogP contribution in [0.2, 0.25) is 19.6 Å². The summed E-state index contributed by atoms with van der Waals surface area (Å²) in [4.78, 5) is 20.5. The molecule has 0 aromatic rings. The molecule has 0 spiro atoms. The van der Waals surface area contributed by atoms with Crippen LogP contribution in [-0.2, 0) is 9.59 Å². The minimum atomic E-state index is -1.74. The second kappa shape index (κ2) is 2.76. The van der Waals surface area contributed by atoms with Gasteiger partial charge in [-0.1, -0.05) is 19.6 Å². The standard InChI is InChI=1S/C6H10O2Si/c1-9(2,3)6(8)4-5-7/h4H,1-3H3. The maximum atomic E-state index is 10.8. The van der Waals surface area contributed by atoms with E-state index in [1.165, 1.54) is 5.94 Å². The first-order valence-electron chi connectivity index (χ1n) is 2.74. The molecule has 0 aromatic heterocycles. The zero-order valence-corrected chi connectivity index (χ0v) is 6.89. The molecule has 0 atom stereocenters. The van der Waals surface area contributed by atoms with E-state index in [9.17, 15) is 9.59 Å². The molecule has 0 saturated carbocycles. The van der Waals surface area contributed by atoms with E-state index in [0.29, 0.717) is 0 Å². The summed E-state index contributed by atoms with van der Waals surface area (Å²) in [7, 11) is -1.74. The van der Waals surface area contributed by atoms with Crippen molar-refractivity contribution in [2.24, 2.45) is 0 Å². The lowest BCUT2D eigenvalue weighted by Crippen LogP contribution is -2.31. The molecule has 0 N–H and O–H groups in total. The Hall–Kier alpha value is -0.663. The second-order valence-electron chi connectivity index (χ2n) is 2.88. The van der Waals surface area contributed by atoms with E-state index in [-0.39, 0.29) is 5.41 Å². The van der Waals surface area contributed by atoms with Crippen molar-refractivity contribution < 1.29 is 9.59 Å². The Bertz CT molecular complexity index is 160. The van der Waals surface area contributed by atoms with Gasteiger partial charge in [0.1, 0.15) is 19.4 Å². The zero-order valence-electron chi connectivity index (χ0n) is 5.89. The topological polar surface area (TPSA) is 34.1 Å². The molecule has 0 saturated heterocycles. The van der Waals surface area contributed by atoms with Crippen LogP contribution in [0.5, 0.6) is 0 Å². The molecule has 2 nitrogen and oxygen atoms in total. The summed E-state index contributed by atoms with van der Waals surface area (Å²) >= 11 is 0. The summed E-state index contributed by atoms with van der Waals surface area (Å²) < 4.78 is 0. The zero-order chi connectivity index (χ0) is 7.49. The summed E-state index contributed by atoms with van der Waals surface area (Å²) in [5.41, 5.74) is 0. The van der Waals surface area contributed by atoms with Crippen molar-refractivity contribution in [1.29, 1.82) is 0 Å². The third kappa shape index (κ3) is 3.01. The quantitative estimate of drug-likeness (QED) is 0.325. The summed E-state index contributed by atoms with van der Waals surface area (Å²) in [6, 6.07) is 0. The van der Waals surface area contributed by atoms with Gasteiger partial charge in [0.15, 0.2) is 0 Å². The van der Waals surface area contributed by atoms with Gasteiger partial charge in [-0.05, 0) is 0 Å². The van der Waals surface area contributed by atoms with E-state index in [1.807, 2.05) is 19.6 Å². The lowest BCUT2D eigenvalue weighted by atomic mass is 10.7. The Morgan fingerprint density at radius 3 is 2.00 bits per heavy atom. The van der Waals surface area contributed by atoms with Crippen LogP contribution in [0.4, 0.5) is 0 Å². The fourth-order valence-corrected chi connectivity index (χ4v) is 0.762. The largest absolute Gasteiger partial charge is 0.300 e. The van der Waals surface area contributed by atoms with Gasteiger partial charge in [-0.15, -0.1) is 0 Å². The minimum absolute atomic E-state index is 0.0440. The van der Waals surface area contributed by atoms with Crippen molar-refractivity contribution >= 4 is 19.4 Å². The molecule has 0 bridgehead atoms. The van der Waals surface area contributed by atoms with E-state index in [4.69, 9.17) is 0 Å². The van der Waals surface area contributed by atoms with Crippen LogP contribution in [0.1, 0.15) is 0 Å². The normalized spacial score (nSPS) is 10.1. The maximum absolute atomic E-state index is 10.8. The summed E-state index contributed by atoms with van der Waals surface area (Å²) in [5, 5.41) is -0.0440. The second-order valence-corrected chi connectivity index (χ2v) is 7.87. The van der Waals surface area contributed by atoms with Crippen molar-refractivity contribution in [3.8, 4) is 0 Å². The van der Waals surface area contributed by atoms with Gasteiger partial charge in [0.05, 0.1) is 6.08 Å². The number of allylic oxidation sites excluding steroid dienone is 1. The van der Waals surface area contributed by atoms with Gasteiger partial charge in [0, 0.05) is 0 Å². The molecule has 0 unspecified atom stereocenters. The Balaban J connectivity index is 4.22. The SMILES string of the molecule is C[Si](C)(C)C(=O)C=C=O. The van der Waals surface area contributed by atoms with Gasteiger partial charge in [-0.3, -0.25) is 4.79 Å². The monoisotopic (exact) mass is 142 g/mol. The van der Waals surface area contributed by atoms with Gasteiger partial charge >= 0.3 is 0 Å². The first-order chi connectivity index (χ1) is 3.98. The van der Waals surface area contributed by atoms with E-state index in [2.05, 4.69) is 0 Å². The lowest BCUT2D eigenvalue weighted by molar-refractivity contribution is -0.108. The Morgan fingerprint density at radius 1 is 1.44 bits per heavy atom. The van der Waals surface area contributed by atoms with Gasteiger partial charge in [-0.25, -0.2) is 4.79 Å². The smallest absolute Gasteiger partial charge is 0.143 e. The molecule has 50 valence electrons. The lowest BCUT2D eigenvalue weighted by Gasteiger charge is -2.07. The van der Waals surface area contributed by atoms with Crippen molar-refractivity contribution in [2.75, 3.05) is 0 Å². The molecule has 0 aliphatic heterocycles. The maximum Gasteiger partial charge on any atom is 0.143 e. The number of hydrogen-bond donors (Lipinski definition) is 0. The Morgan fingerprint density at radius 2 is 1.89 bits per heavy atom. The first-order valence-corrected chi connectivity index (χ1v) is 6.24. The van der Waals surface area contributed by atoms with Crippen LogP contribution >= 0.6 is 0 Å². The summed E-state index contributed by atoms with van der Waals surface area (Å²) in [6.45, 7) is 5.68. The molecular weight excluding hydrogens is 132 g/mol. The Kier molecular flexibility index (Phi) is 2.55. The molecule has 0 aliphatic rings. The van der Waals surface area contributed by atoms with Gasteiger partial charge in [-0.2, -0.15) is 0 Å². The molecule has 0 fully saturated rings. The highest BCUT2D eigenvalue weighted by Gasteiger charge is 2.21. The molecule has 0 rings (SSSR count). The Labute approximate surface area is 55.6 Å². The third-order valence-electron chi connectivity index (χ3n) is 0.929. The van der Waals surface area contributed by atoms with Crippen LogP contribution in [-0.4, -0.2) is 19.4 Å². The average Bonchev–Trinajstić information content (AvgIpc) is 1.64. The van der Waals surface area contributed by atoms with Crippen molar-refractivity contribution in [3.63, 3.8) is 0 Å². The van der Waals surface area contributed by atoms with Crippen molar-refractivity contribution in [3.05, 3.63) is 6.08 Å². The van der Waals surface area contributed by atoms with Crippen molar-refractivity contribution in [1.82, 2.24) is 0 Å². The highest BCUT2D eigenvalue weighted by atomic mass is 28.3. The number of hydrogen-bond acceptors (Lipinski definition) is 2. The number of rotatable bonds is 2. The van der Waals surface area contributed by atoms with Gasteiger partial charge in [0.2, 0.25) is 0 Å². The first kappa shape index (κ1) is 8.34. The number of carbonyl (C=O) groups excluding carboxylic acids is 2. The van der Waals surface area contributed by atoms with Crippen LogP contribution < -0.4 is 0 Å². The molecular formula is C6H10O2Si. The van der Waals surface area contributed by atoms with Gasteiger partial charge < -0.3 is 0 Å². The minimum Gasteiger partial charge on any atom is -0.300 e. The van der Waals surface area contributed by atoms with Crippen LogP contribution in [0.3, 0.4) is 0 Å².